The van der Waals surface area contributed by atoms with Crippen LogP contribution in [-0.4, -0.2) is 56.4 Å². The largest absolute Gasteiger partial charge is 0.348 e. The lowest BCUT2D eigenvalue weighted by molar-refractivity contribution is -0.131. The Morgan fingerprint density at radius 2 is 2.04 bits per heavy atom. The van der Waals surface area contributed by atoms with E-state index in [4.69, 9.17) is 0 Å². The van der Waals surface area contributed by atoms with Crippen LogP contribution in [-0.2, 0) is 17.9 Å². The summed E-state index contributed by atoms with van der Waals surface area (Å²) in [5, 5.41) is 1.18. The molecule has 1 aromatic carbocycles. The molecular formula is C19H23N5O. The minimum atomic E-state index is 0.196. The van der Waals surface area contributed by atoms with E-state index in [1.165, 1.54) is 5.39 Å². The van der Waals surface area contributed by atoms with Crippen LogP contribution < -0.4 is 0 Å². The molecule has 1 fully saturated rings. The number of amides is 1. The summed E-state index contributed by atoms with van der Waals surface area (Å²) in [6, 6.07) is 10.2. The first-order valence-corrected chi connectivity index (χ1v) is 8.82. The van der Waals surface area contributed by atoms with E-state index in [2.05, 4.69) is 33.1 Å². The van der Waals surface area contributed by atoms with Crippen LogP contribution in [0.5, 0.6) is 0 Å². The zero-order valence-electron chi connectivity index (χ0n) is 14.3. The summed E-state index contributed by atoms with van der Waals surface area (Å²) in [5.74, 6) is 1.18. The van der Waals surface area contributed by atoms with Crippen molar-refractivity contribution in [3.8, 4) is 0 Å². The van der Waals surface area contributed by atoms with E-state index >= 15 is 0 Å². The Hall–Kier alpha value is -2.60. The zero-order chi connectivity index (χ0) is 17.1. The average Bonchev–Trinajstić information content (AvgIpc) is 3.21. The topological polar surface area (TPSA) is 57.2 Å². The van der Waals surface area contributed by atoms with E-state index in [1.54, 1.807) is 6.20 Å². The number of H-pyrrole nitrogens is 1. The highest BCUT2D eigenvalue weighted by Crippen LogP contribution is 2.15. The molecule has 1 aliphatic rings. The lowest BCUT2D eigenvalue weighted by Gasteiger charge is -2.22. The first-order valence-electron chi connectivity index (χ1n) is 8.82. The Labute approximate surface area is 147 Å². The number of nitrogens with zero attached hydrogens (tertiary/aromatic N) is 4. The summed E-state index contributed by atoms with van der Waals surface area (Å²) < 4.78 is 2.04. The first-order chi connectivity index (χ1) is 12.3. The second kappa shape index (κ2) is 7.11. The van der Waals surface area contributed by atoms with Gasteiger partial charge in [-0.1, -0.05) is 18.2 Å². The van der Waals surface area contributed by atoms with E-state index in [0.717, 1.165) is 50.5 Å². The highest BCUT2D eigenvalue weighted by molar-refractivity contribution is 5.83. The van der Waals surface area contributed by atoms with Gasteiger partial charge in [0, 0.05) is 50.3 Å². The number of para-hydroxylation sites is 1. The zero-order valence-corrected chi connectivity index (χ0v) is 14.3. The molecule has 0 saturated carbocycles. The number of hydrogen-bond acceptors (Lipinski definition) is 3. The van der Waals surface area contributed by atoms with Crippen molar-refractivity contribution in [2.75, 3.05) is 26.2 Å². The first kappa shape index (κ1) is 15.9. The Balaban J connectivity index is 1.37. The van der Waals surface area contributed by atoms with Crippen LogP contribution in [0.3, 0.4) is 0 Å². The summed E-state index contributed by atoms with van der Waals surface area (Å²) in [6.45, 7) is 4.71. The summed E-state index contributed by atoms with van der Waals surface area (Å²) in [4.78, 5) is 24.6. The van der Waals surface area contributed by atoms with Gasteiger partial charge in [0.2, 0.25) is 5.91 Å². The minimum absolute atomic E-state index is 0.196. The molecule has 3 heterocycles. The second-order valence-electron chi connectivity index (χ2n) is 6.55. The van der Waals surface area contributed by atoms with Gasteiger partial charge in [-0.3, -0.25) is 9.69 Å². The Kier molecular flexibility index (Phi) is 4.52. The molecule has 0 radical (unpaired) electrons. The second-order valence-corrected chi connectivity index (χ2v) is 6.55. The molecule has 4 rings (SSSR count). The van der Waals surface area contributed by atoms with Crippen molar-refractivity contribution in [2.24, 2.45) is 0 Å². The van der Waals surface area contributed by atoms with Crippen LogP contribution in [0.4, 0.5) is 0 Å². The van der Waals surface area contributed by atoms with E-state index < -0.39 is 0 Å². The van der Waals surface area contributed by atoms with Gasteiger partial charge in [-0.15, -0.1) is 0 Å². The van der Waals surface area contributed by atoms with E-state index in [1.807, 2.05) is 34.0 Å². The predicted molar refractivity (Wildman–Crippen MR) is 97.0 cm³/mol. The number of aromatic amines is 1. The van der Waals surface area contributed by atoms with Crippen molar-refractivity contribution in [1.82, 2.24) is 24.3 Å². The van der Waals surface area contributed by atoms with Gasteiger partial charge < -0.3 is 14.5 Å². The maximum atomic E-state index is 12.8. The molecule has 0 spiro atoms. The third-order valence-electron chi connectivity index (χ3n) is 4.86. The van der Waals surface area contributed by atoms with Crippen LogP contribution in [0.1, 0.15) is 12.2 Å². The van der Waals surface area contributed by atoms with Crippen molar-refractivity contribution in [3.05, 3.63) is 54.7 Å². The van der Waals surface area contributed by atoms with Crippen LogP contribution in [0.25, 0.3) is 10.9 Å². The van der Waals surface area contributed by atoms with Gasteiger partial charge in [0.05, 0.1) is 6.54 Å². The summed E-state index contributed by atoms with van der Waals surface area (Å²) in [5.41, 5.74) is 1.12. The number of benzene rings is 1. The van der Waals surface area contributed by atoms with Gasteiger partial charge >= 0.3 is 0 Å². The van der Waals surface area contributed by atoms with Gasteiger partial charge in [-0.25, -0.2) is 4.98 Å². The van der Waals surface area contributed by atoms with Crippen LogP contribution in [0.2, 0.25) is 0 Å². The maximum absolute atomic E-state index is 12.8. The number of hydrogen-bond donors (Lipinski definition) is 1. The standard InChI is InChI=1S/C19H23N5O/c25-19(15-24-11-6-16-4-1-2-5-17(16)24)23-10-3-9-22(12-13-23)14-18-20-7-8-21-18/h1-2,4-8,11H,3,9-10,12-15H2,(H,20,21). The molecule has 6 heteroatoms. The third-order valence-corrected chi connectivity index (χ3v) is 4.86. The third kappa shape index (κ3) is 3.58. The fourth-order valence-electron chi connectivity index (χ4n) is 3.50. The molecule has 1 saturated heterocycles. The van der Waals surface area contributed by atoms with Crippen molar-refractivity contribution in [2.45, 2.75) is 19.5 Å². The average molecular weight is 337 g/mol. The molecule has 0 aliphatic carbocycles. The molecule has 0 unspecified atom stereocenters. The maximum Gasteiger partial charge on any atom is 0.242 e. The number of imidazole rings is 1. The molecule has 1 aliphatic heterocycles. The number of rotatable bonds is 4. The molecule has 25 heavy (non-hydrogen) atoms. The Morgan fingerprint density at radius 1 is 1.12 bits per heavy atom. The molecular weight excluding hydrogens is 314 g/mol. The number of nitrogens with one attached hydrogen (secondary N) is 1. The van der Waals surface area contributed by atoms with Gasteiger partial charge in [-0.05, 0) is 23.9 Å². The quantitative estimate of drug-likeness (QED) is 0.793. The van der Waals surface area contributed by atoms with Gasteiger partial charge in [-0.2, -0.15) is 0 Å². The molecule has 0 atom stereocenters. The highest BCUT2D eigenvalue weighted by atomic mass is 16.2. The Morgan fingerprint density at radius 3 is 2.92 bits per heavy atom. The van der Waals surface area contributed by atoms with Crippen LogP contribution >= 0.6 is 0 Å². The fourth-order valence-corrected chi connectivity index (χ4v) is 3.50. The minimum Gasteiger partial charge on any atom is -0.348 e. The van der Waals surface area contributed by atoms with Gasteiger partial charge in [0.25, 0.3) is 0 Å². The Bertz CT molecular complexity index is 839. The molecule has 6 nitrogen and oxygen atoms in total. The van der Waals surface area contributed by atoms with Crippen molar-refractivity contribution in [3.63, 3.8) is 0 Å². The monoisotopic (exact) mass is 337 g/mol. The van der Waals surface area contributed by atoms with E-state index in [0.29, 0.717) is 6.54 Å². The van der Waals surface area contributed by atoms with Crippen molar-refractivity contribution < 1.29 is 4.79 Å². The molecule has 1 amide bonds. The van der Waals surface area contributed by atoms with E-state index in [9.17, 15) is 4.79 Å². The molecule has 0 bridgehead atoms. The number of fused-ring (bicyclic) bond motifs is 1. The summed E-state index contributed by atoms with van der Waals surface area (Å²) >= 11 is 0. The van der Waals surface area contributed by atoms with Crippen molar-refractivity contribution >= 4 is 16.8 Å². The lowest BCUT2D eigenvalue weighted by atomic mass is 10.2. The van der Waals surface area contributed by atoms with E-state index in [-0.39, 0.29) is 5.91 Å². The molecule has 3 aromatic rings. The number of aromatic nitrogens is 3. The lowest BCUT2D eigenvalue weighted by Crippen LogP contribution is -2.37. The predicted octanol–water partition coefficient (Wildman–Crippen LogP) is 2.10. The fraction of sp³-hybridized carbons (Fsp3) is 0.368. The summed E-state index contributed by atoms with van der Waals surface area (Å²) in [6.07, 6.45) is 6.64. The molecule has 130 valence electrons. The van der Waals surface area contributed by atoms with Gasteiger partial charge in [0.1, 0.15) is 12.4 Å². The number of carbonyl (C=O) groups is 1. The molecule has 2 aromatic heterocycles. The highest BCUT2D eigenvalue weighted by Gasteiger charge is 2.20. The molecule has 1 N–H and O–H groups in total. The van der Waals surface area contributed by atoms with Crippen LogP contribution in [0.15, 0.2) is 48.9 Å². The normalized spacial score (nSPS) is 16.2. The number of carbonyl (C=O) groups excluding carboxylic acids is 1. The SMILES string of the molecule is O=C(Cn1ccc2ccccc21)N1CCCN(Cc2ncc[nH]2)CC1. The van der Waals surface area contributed by atoms with Gasteiger partial charge in [0.15, 0.2) is 0 Å². The summed E-state index contributed by atoms with van der Waals surface area (Å²) in [7, 11) is 0. The van der Waals surface area contributed by atoms with Crippen molar-refractivity contribution in [1.29, 1.82) is 0 Å². The smallest absolute Gasteiger partial charge is 0.242 e. The van der Waals surface area contributed by atoms with Crippen LogP contribution in [0, 0.1) is 0 Å².